The number of hydrogen-bond donors (Lipinski definition) is 1. The summed E-state index contributed by atoms with van der Waals surface area (Å²) in [5, 5.41) is 12.2. The van der Waals surface area contributed by atoms with E-state index in [-0.39, 0.29) is 11.4 Å². The maximum absolute atomic E-state index is 14.0. The molecule has 1 atom stereocenters. The lowest BCUT2D eigenvalue weighted by molar-refractivity contribution is 0.192. The molecule has 208 valence electrons. The van der Waals surface area contributed by atoms with Gasteiger partial charge in [0.1, 0.15) is 5.75 Å². The molecule has 1 fully saturated rings. The minimum absolute atomic E-state index is 0.224. The SMILES string of the molecule is COc1ccc(-c2ccc(S(=O)(=O)N3CCN(C(=Nc4ccccc4C)NC#N)CC3c3ccccc3)cc2)cc1. The zero-order valence-electron chi connectivity index (χ0n) is 22.9. The summed E-state index contributed by atoms with van der Waals surface area (Å²) in [7, 11) is -2.21. The molecule has 0 radical (unpaired) electrons. The number of guanidine groups is 1. The Balaban J connectivity index is 1.45. The summed E-state index contributed by atoms with van der Waals surface area (Å²) in [6, 6.07) is 31.4. The first-order valence-corrected chi connectivity index (χ1v) is 14.7. The summed E-state index contributed by atoms with van der Waals surface area (Å²) in [4.78, 5) is 6.89. The minimum atomic E-state index is -3.83. The van der Waals surface area contributed by atoms with Gasteiger partial charge >= 0.3 is 0 Å². The molecule has 41 heavy (non-hydrogen) atoms. The van der Waals surface area contributed by atoms with Crippen LogP contribution in [0.2, 0.25) is 0 Å². The fourth-order valence-electron chi connectivity index (χ4n) is 4.96. The van der Waals surface area contributed by atoms with Crippen molar-refractivity contribution in [2.24, 2.45) is 4.99 Å². The van der Waals surface area contributed by atoms with Crippen molar-refractivity contribution < 1.29 is 13.2 Å². The topological polar surface area (TPSA) is 98.0 Å². The van der Waals surface area contributed by atoms with Gasteiger partial charge in [-0.3, -0.25) is 5.32 Å². The molecule has 1 unspecified atom stereocenters. The monoisotopic (exact) mass is 565 g/mol. The highest BCUT2D eigenvalue weighted by atomic mass is 32.2. The van der Waals surface area contributed by atoms with Gasteiger partial charge in [-0.15, -0.1) is 0 Å². The Morgan fingerprint density at radius 1 is 0.902 bits per heavy atom. The summed E-state index contributed by atoms with van der Waals surface area (Å²) in [6.45, 7) is 2.88. The average molecular weight is 566 g/mol. The van der Waals surface area contributed by atoms with Gasteiger partial charge in [-0.25, -0.2) is 13.4 Å². The van der Waals surface area contributed by atoms with Gasteiger partial charge in [-0.1, -0.05) is 72.8 Å². The highest BCUT2D eigenvalue weighted by Gasteiger charge is 2.38. The molecule has 0 spiro atoms. The van der Waals surface area contributed by atoms with E-state index in [9.17, 15) is 13.7 Å². The Labute approximate surface area is 241 Å². The number of piperazine rings is 1. The van der Waals surface area contributed by atoms with E-state index in [1.807, 2.05) is 109 Å². The summed E-state index contributed by atoms with van der Waals surface area (Å²) >= 11 is 0. The molecular formula is C32H31N5O3S. The first kappa shape index (κ1) is 27.9. The number of aliphatic imine (C=N–C) groups is 1. The second-order valence-electron chi connectivity index (χ2n) is 9.70. The summed E-state index contributed by atoms with van der Waals surface area (Å²) in [5.74, 6) is 1.15. The van der Waals surface area contributed by atoms with E-state index in [2.05, 4.69) is 5.32 Å². The van der Waals surface area contributed by atoms with E-state index in [0.717, 1.165) is 33.7 Å². The third-order valence-corrected chi connectivity index (χ3v) is 9.13. The number of benzene rings is 4. The Bertz CT molecular complexity index is 1670. The van der Waals surface area contributed by atoms with E-state index in [0.29, 0.717) is 19.0 Å². The van der Waals surface area contributed by atoms with Crippen molar-refractivity contribution >= 4 is 21.7 Å². The van der Waals surface area contributed by atoms with Crippen LogP contribution in [0.3, 0.4) is 0 Å². The third-order valence-electron chi connectivity index (χ3n) is 7.21. The normalized spacial score (nSPS) is 16.2. The Morgan fingerprint density at radius 3 is 2.17 bits per heavy atom. The number of methoxy groups -OCH3 is 1. The van der Waals surface area contributed by atoms with Crippen LogP contribution in [0.4, 0.5) is 5.69 Å². The standard InChI is InChI=1S/C32H31N5O3S/c1-24-8-6-7-11-30(24)35-32(34-23-33)36-20-21-37(31(22-36)27-9-4-3-5-10-27)41(38,39)29-18-14-26(15-19-29)25-12-16-28(40-2)17-13-25/h3-19,31H,20-22H2,1-2H3,(H,34,35). The number of ether oxygens (including phenoxy) is 1. The van der Waals surface area contributed by atoms with E-state index >= 15 is 0 Å². The van der Waals surface area contributed by atoms with Gasteiger partial charge < -0.3 is 9.64 Å². The zero-order chi connectivity index (χ0) is 28.8. The first-order chi connectivity index (χ1) is 19.9. The van der Waals surface area contributed by atoms with Crippen LogP contribution in [-0.4, -0.2) is 50.3 Å². The van der Waals surface area contributed by atoms with Crippen LogP contribution in [0.5, 0.6) is 5.75 Å². The molecule has 1 aliphatic heterocycles. The molecule has 0 aliphatic carbocycles. The zero-order valence-corrected chi connectivity index (χ0v) is 23.8. The molecule has 8 nitrogen and oxygen atoms in total. The van der Waals surface area contributed by atoms with E-state index < -0.39 is 16.1 Å². The van der Waals surface area contributed by atoms with Gasteiger partial charge in [-0.2, -0.15) is 9.57 Å². The number of nitrogens with one attached hydrogen (secondary N) is 1. The average Bonchev–Trinajstić information content (AvgIpc) is 3.02. The number of hydrogen-bond acceptors (Lipinski definition) is 5. The lowest BCUT2D eigenvalue weighted by Crippen LogP contribution is -2.54. The van der Waals surface area contributed by atoms with Crippen molar-refractivity contribution in [2.75, 3.05) is 26.7 Å². The van der Waals surface area contributed by atoms with Crippen LogP contribution in [0.25, 0.3) is 11.1 Å². The molecule has 1 N–H and O–H groups in total. The molecule has 1 saturated heterocycles. The summed E-state index contributed by atoms with van der Waals surface area (Å²) in [5.41, 5.74) is 4.46. The molecule has 0 saturated carbocycles. The Kier molecular flexibility index (Phi) is 8.34. The summed E-state index contributed by atoms with van der Waals surface area (Å²) < 4.78 is 34.9. The largest absolute Gasteiger partial charge is 0.497 e. The fraction of sp³-hybridized carbons (Fsp3) is 0.188. The van der Waals surface area contributed by atoms with Crippen LogP contribution in [0.1, 0.15) is 17.2 Å². The van der Waals surface area contributed by atoms with Crippen LogP contribution in [0.15, 0.2) is 113 Å². The van der Waals surface area contributed by atoms with Crippen molar-refractivity contribution in [3.8, 4) is 23.1 Å². The molecule has 0 aromatic heterocycles. The maximum atomic E-state index is 14.0. The van der Waals surface area contributed by atoms with Gasteiger partial charge in [0.25, 0.3) is 0 Å². The van der Waals surface area contributed by atoms with E-state index in [1.54, 1.807) is 23.5 Å². The molecule has 0 bridgehead atoms. The molecule has 9 heteroatoms. The van der Waals surface area contributed by atoms with Crippen LogP contribution in [0, 0.1) is 18.4 Å². The van der Waals surface area contributed by atoms with Crippen LogP contribution in [-0.2, 0) is 10.0 Å². The van der Waals surface area contributed by atoms with Gasteiger partial charge in [-0.05, 0) is 59.5 Å². The van der Waals surface area contributed by atoms with Gasteiger partial charge in [0.2, 0.25) is 16.0 Å². The third kappa shape index (κ3) is 6.09. The highest BCUT2D eigenvalue weighted by molar-refractivity contribution is 7.89. The molecular weight excluding hydrogens is 534 g/mol. The van der Waals surface area contributed by atoms with Crippen LogP contribution >= 0.6 is 0 Å². The number of sulfonamides is 1. The molecule has 5 rings (SSSR count). The molecule has 1 aliphatic rings. The van der Waals surface area contributed by atoms with Crippen molar-refractivity contribution in [1.29, 1.82) is 5.26 Å². The number of rotatable bonds is 6. The molecule has 0 amide bonds. The molecule has 1 heterocycles. The summed E-state index contributed by atoms with van der Waals surface area (Å²) in [6.07, 6.45) is 1.99. The van der Waals surface area contributed by atoms with Crippen molar-refractivity contribution in [3.63, 3.8) is 0 Å². The Morgan fingerprint density at radius 2 is 1.54 bits per heavy atom. The second kappa shape index (κ2) is 12.3. The van der Waals surface area contributed by atoms with E-state index in [4.69, 9.17) is 9.73 Å². The number of aryl methyl sites for hydroxylation is 1. The lowest BCUT2D eigenvalue weighted by atomic mass is 10.0. The second-order valence-corrected chi connectivity index (χ2v) is 11.6. The highest BCUT2D eigenvalue weighted by Crippen LogP contribution is 2.33. The quantitative estimate of drug-likeness (QED) is 0.144. The van der Waals surface area contributed by atoms with Crippen LogP contribution < -0.4 is 10.1 Å². The smallest absolute Gasteiger partial charge is 0.243 e. The number of nitrogens with zero attached hydrogens (tertiary/aromatic N) is 4. The van der Waals surface area contributed by atoms with Gasteiger partial charge in [0.15, 0.2) is 6.19 Å². The fourth-order valence-corrected chi connectivity index (χ4v) is 6.56. The predicted molar refractivity (Wildman–Crippen MR) is 160 cm³/mol. The van der Waals surface area contributed by atoms with Crippen molar-refractivity contribution in [1.82, 2.24) is 14.5 Å². The van der Waals surface area contributed by atoms with E-state index in [1.165, 1.54) is 0 Å². The molecule has 4 aromatic rings. The predicted octanol–water partition coefficient (Wildman–Crippen LogP) is 5.48. The minimum Gasteiger partial charge on any atom is -0.497 e. The van der Waals surface area contributed by atoms with Crippen molar-refractivity contribution in [3.05, 3.63) is 114 Å². The van der Waals surface area contributed by atoms with Crippen molar-refractivity contribution in [2.45, 2.75) is 17.9 Å². The molecule has 4 aromatic carbocycles. The lowest BCUT2D eigenvalue weighted by Gasteiger charge is -2.41. The number of nitriles is 1. The first-order valence-electron chi connectivity index (χ1n) is 13.3. The maximum Gasteiger partial charge on any atom is 0.243 e. The van der Waals surface area contributed by atoms with Gasteiger partial charge in [0.05, 0.1) is 23.7 Å². The Hall–Kier alpha value is -4.65. The van der Waals surface area contributed by atoms with Gasteiger partial charge in [0, 0.05) is 19.6 Å². The number of para-hydroxylation sites is 1.